The third kappa shape index (κ3) is 2.74. The van der Waals surface area contributed by atoms with Gasteiger partial charge in [-0.3, -0.25) is 4.79 Å². The minimum atomic E-state index is -0.876. The SMILES string of the molecule is COc1ccc(Cl)cc1-c1[nH]c2c(C)ccc(C)c2c1CC(=O)O. The number of carbonyl (C=O) groups is 1. The maximum atomic E-state index is 11.4. The number of H-pyrrole nitrogens is 1. The van der Waals surface area contributed by atoms with Crippen molar-refractivity contribution in [1.82, 2.24) is 4.98 Å². The molecule has 2 N–H and O–H groups in total. The van der Waals surface area contributed by atoms with Crippen LogP contribution < -0.4 is 4.74 Å². The molecule has 0 saturated carbocycles. The van der Waals surface area contributed by atoms with Crippen LogP contribution in [0.1, 0.15) is 16.7 Å². The van der Waals surface area contributed by atoms with Gasteiger partial charge in [-0.05, 0) is 48.7 Å². The molecule has 2 aromatic carbocycles. The van der Waals surface area contributed by atoms with E-state index in [4.69, 9.17) is 16.3 Å². The number of hydrogen-bond acceptors (Lipinski definition) is 2. The van der Waals surface area contributed by atoms with Crippen molar-refractivity contribution in [3.05, 3.63) is 52.0 Å². The van der Waals surface area contributed by atoms with E-state index in [1.807, 2.05) is 26.0 Å². The topological polar surface area (TPSA) is 62.3 Å². The van der Waals surface area contributed by atoms with E-state index in [1.165, 1.54) is 0 Å². The van der Waals surface area contributed by atoms with Gasteiger partial charge < -0.3 is 14.8 Å². The fourth-order valence-corrected chi connectivity index (χ4v) is 3.29. The van der Waals surface area contributed by atoms with Crippen LogP contribution in [0.2, 0.25) is 5.02 Å². The van der Waals surface area contributed by atoms with Gasteiger partial charge in [-0.1, -0.05) is 23.7 Å². The Kier molecular flexibility index (Phi) is 4.24. The molecule has 0 amide bonds. The Morgan fingerprint density at radius 1 is 1.21 bits per heavy atom. The summed E-state index contributed by atoms with van der Waals surface area (Å²) in [7, 11) is 1.59. The molecule has 0 unspecified atom stereocenters. The van der Waals surface area contributed by atoms with E-state index >= 15 is 0 Å². The third-order valence-corrected chi connectivity index (χ3v) is 4.47. The number of aromatic amines is 1. The molecule has 0 bridgehead atoms. The number of hydrogen-bond donors (Lipinski definition) is 2. The molecule has 0 fully saturated rings. The van der Waals surface area contributed by atoms with Gasteiger partial charge in [0.05, 0.1) is 19.2 Å². The average Bonchev–Trinajstić information content (AvgIpc) is 2.91. The molecule has 4 nitrogen and oxygen atoms in total. The monoisotopic (exact) mass is 343 g/mol. The van der Waals surface area contributed by atoms with Crippen molar-refractivity contribution in [1.29, 1.82) is 0 Å². The maximum absolute atomic E-state index is 11.4. The van der Waals surface area contributed by atoms with Crippen LogP contribution in [-0.4, -0.2) is 23.2 Å². The zero-order chi connectivity index (χ0) is 17.4. The first-order chi connectivity index (χ1) is 11.4. The van der Waals surface area contributed by atoms with Crippen LogP contribution >= 0.6 is 11.6 Å². The highest BCUT2D eigenvalue weighted by Crippen LogP contribution is 2.39. The summed E-state index contributed by atoms with van der Waals surface area (Å²) in [6.07, 6.45) is -0.0741. The van der Waals surface area contributed by atoms with Gasteiger partial charge in [0, 0.05) is 21.5 Å². The van der Waals surface area contributed by atoms with Crippen LogP contribution in [0.5, 0.6) is 5.75 Å². The highest BCUT2D eigenvalue weighted by Gasteiger charge is 2.20. The van der Waals surface area contributed by atoms with E-state index in [1.54, 1.807) is 25.3 Å². The Labute approximate surface area is 145 Å². The summed E-state index contributed by atoms with van der Waals surface area (Å²) in [6.45, 7) is 3.99. The van der Waals surface area contributed by atoms with Gasteiger partial charge in [-0.25, -0.2) is 0 Å². The molecule has 124 valence electrons. The average molecular weight is 344 g/mol. The van der Waals surface area contributed by atoms with Gasteiger partial charge in [-0.2, -0.15) is 0 Å². The molecule has 3 rings (SSSR count). The number of carboxylic acids is 1. The highest BCUT2D eigenvalue weighted by atomic mass is 35.5. The molecular weight excluding hydrogens is 326 g/mol. The van der Waals surface area contributed by atoms with Crippen LogP contribution in [0.15, 0.2) is 30.3 Å². The number of fused-ring (bicyclic) bond motifs is 1. The molecule has 0 radical (unpaired) electrons. The van der Waals surface area contributed by atoms with Crippen molar-refractivity contribution in [2.24, 2.45) is 0 Å². The van der Waals surface area contributed by atoms with E-state index in [2.05, 4.69) is 4.98 Å². The second-order valence-electron chi connectivity index (χ2n) is 5.84. The Balaban J connectivity index is 2.40. The molecule has 0 aliphatic rings. The van der Waals surface area contributed by atoms with Crippen molar-refractivity contribution in [2.45, 2.75) is 20.3 Å². The zero-order valence-electron chi connectivity index (χ0n) is 13.7. The van der Waals surface area contributed by atoms with Gasteiger partial charge in [0.25, 0.3) is 0 Å². The fraction of sp³-hybridized carbons (Fsp3) is 0.211. The van der Waals surface area contributed by atoms with E-state index < -0.39 is 5.97 Å². The lowest BCUT2D eigenvalue weighted by molar-refractivity contribution is -0.136. The number of rotatable bonds is 4. The second-order valence-corrected chi connectivity index (χ2v) is 6.28. The van der Waals surface area contributed by atoms with Crippen molar-refractivity contribution in [3.63, 3.8) is 0 Å². The summed E-state index contributed by atoms with van der Waals surface area (Å²) >= 11 is 6.16. The summed E-state index contributed by atoms with van der Waals surface area (Å²) in [5.41, 5.74) is 5.30. The summed E-state index contributed by atoms with van der Waals surface area (Å²) < 4.78 is 5.45. The molecule has 0 atom stereocenters. The predicted octanol–water partition coefficient (Wildman–Crippen LogP) is 4.74. The van der Waals surface area contributed by atoms with Gasteiger partial charge in [0.2, 0.25) is 0 Å². The minimum Gasteiger partial charge on any atom is -0.496 e. The maximum Gasteiger partial charge on any atom is 0.307 e. The number of aromatic nitrogens is 1. The Morgan fingerprint density at radius 2 is 1.92 bits per heavy atom. The third-order valence-electron chi connectivity index (χ3n) is 4.23. The number of aryl methyl sites for hydroxylation is 2. The molecule has 0 aliphatic heterocycles. The quantitative estimate of drug-likeness (QED) is 0.719. The summed E-state index contributed by atoms with van der Waals surface area (Å²) in [6, 6.07) is 9.36. The normalized spacial score (nSPS) is 11.0. The van der Waals surface area contributed by atoms with Gasteiger partial charge >= 0.3 is 5.97 Å². The van der Waals surface area contributed by atoms with Crippen molar-refractivity contribution >= 4 is 28.5 Å². The lowest BCUT2D eigenvalue weighted by Gasteiger charge is -2.10. The lowest BCUT2D eigenvalue weighted by Crippen LogP contribution is -2.02. The Bertz CT molecular complexity index is 943. The first kappa shape index (κ1) is 16.4. The number of ether oxygens (including phenoxy) is 1. The summed E-state index contributed by atoms with van der Waals surface area (Å²) in [5, 5.41) is 10.9. The smallest absolute Gasteiger partial charge is 0.307 e. The molecular formula is C19H18ClNO3. The molecule has 5 heteroatoms. The van der Waals surface area contributed by atoms with Crippen LogP contribution in [0, 0.1) is 13.8 Å². The van der Waals surface area contributed by atoms with Gasteiger partial charge in [-0.15, -0.1) is 0 Å². The molecule has 24 heavy (non-hydrogen) atoms. The Hall–Kier alpha value is -2.46. The lowest BCUT2D eigenvalue weighted by atomic mass is 9.98. The van der Waals surface area contributed by atoms with Crippen LogP contribution in [0.4, 0.5) is 0 Å². The molecule has 0 aliphatic carbocycles. The number of aliphatic carboxylic acids is 1. The Morgan fingerprint density at radius 3 is 2.58 bits per heavy atom. The number of methoxy groups -OCH3 is 1. The number of nitrogens with one attached hydrogen (secondary N) is 1. The van der Waals surface area contributed by atoms with Gasteiger partial charge in [0.1, 0.15) is 5.75 Å². The number of halogens is 1. The van der Waals surface area contributed by atoms with Crippen LogP contribution in [0.25, 0.3) is 22.2 Å². The van der Waals surface area contributed by atoms with E-state index in [-0.39, 0.29) is 6.42 Å². The predicted molar refractivity (Wildman–Crippen MR) is 96.1 cm³/mol. The van der Waals surface area contributed by atoms with Crippen LogP contribution in [-0.2, 0) is 11.2 Å². The van der Waals surface area contributed by atoms with Crippen molar-refractivity contribution in [3.8, 4) is 17.0 Å². The van der Waals surface area contributed by atoms with E-state index in [9.17, 15) is 9.90 Å². The summed E-state index contributed by atoms with van der Waals surface area (Å²) in [4.78, 5) is 14.8. The number of benzene rings is 2. The minimum absolute atomic E-state index is 0.0741. The number of carboxylic acid groups (broad SMARTS) is 1. The van der Waals surface area contributed by atoms with Gasteiger partial charge in [0.15, 0.2) is 0 Å². The fourth-order valence-electron chi connectivity index (χ4n) is 3.12. The summed E-state index contributed by atoms with van der Waals surface area (Å²) in [5.74, 6) is -0.230. The second kappa shape index (κ2) is 6.21. The first-order valence-electron chi connectivity index (χ1n) is 7.58. The molecule has 3 aromatic rings. The highest BCUT2D eigenvalue weighted by molar-refractivity contribution is 6.31. The molecule has 0 spiro atoms. The zero-order valence-corrected chi connectivity index (χ0v) is 14.5. The largest absolute Gasteiger partial charge is 0.496 e. The standard InChI is InChI=1S/C19H18ClNO3/c1-10-4-5-11(2)18-17(10)14(9-16(22)23)19(21-18)13-8-12(20)6-7-15(13)24-3/h4-8,21H,9H2,1-3H3,(H,22,23). The first-order valence-corrected chi connectivity index (χ1v) is 7.96. The van der Waals surface area contributed by atoms with Crippen LogP contribution in [0.3, 0.4) is 0 Å². The molecule has 1 aromatic heterocycles. The molecule has 0 saturated heterocycles. The van der Waals surface area contributed by atoms with E-state index in [0.29, 0.717) is 10.8 Å². The van der Waals surface area contributed by atoms with Crippen molar-refractivity contribution in [2.75, 3.05) is 7.11 Å². The van der Waals surface area contributed by atoms with E-state index in [0.717, 1.165) is 38.9 Å². The van der Waals surface area contributed by atoms with Crippen molar-refractivity contribution < 1.29 is 14.6 Å². The molecule has 1 heterocycles.